The van der Waals surface area contributed by atoms with Crippen molar-refractivity contribution >= 4 is 43.6 Å². The zero-order valence-electron chi connectivity index (χ0n) is 40.1. The van der Waals surface area contributed by atoms with Gasteiger partial charge < -0.3 is 9.13 Å². The van der Waals surface area contributed by atoms with Gasteiger partial charge in [-0.25, -0.2) is 19.9 Å². The molecule has 0 fully saturated rings. The van der Waals surface area contributed by atoms with Crippen LogP contribution in [0.1, 0.15) is 0 Å². The van der Waals surface area contributed by atoms with E-state index in [4.69, 9.17) is 19.9 Å². The quantitative estimate of drug-likeness (QED) is 0.145. The number of aromatic nitrogens is 6. The van der Waals surface area contributed by atoms with Crippen LogP contribution < -0.4 is 0 Å². The van der Waals surface area contributed by atoms with Gasteiger partial charge in [-0.2, -0.15) is 0 Å². The maximum Gasteiger partial charge on any atom is 0.160 e. The third kappa shape index (κ3) is 7.61. The van der Waals surface area contributed by atoms with Crippen LogP contribution in [0.5, 0.6) is 0 Å². The predicted molar refractivity (Wildman–Crippen MR) is 304 cm³/mol. The van der Waals surface area contributed by atoms with Crippen LogP contribution in [0, 0.1) is 0 Å². The molecule has 6 heteroatoms. The third-order valence-electron chi connectivity index (χ3n) is 14.2. The molecule has 0 amide bonds. The van der Waals surface area contributed by atoms with Gasteiger partial charge in [-0.15, -0.1) is 0 Å². The minimum absolute atomic E-state index is 0.670. The molecule has 0 N–H and O–H groups in total. The van der Waals surface area contributed by atoms with Crippen LogP contribution in [0.15, 0.2) is 267 Å². The molecule has 0 radical (unpaired) electrons. The van der Waals surface area contributed by atoms with E-state index in [9.17, 15) is 0 Å². The van der Waals surface area contributed by atoms with E-state index < -0.39 is 0 Å². The number of fused-ring (bicyclic) bond motifs is 6. The highest BCUT2D eigenvalue weighted by Gasteiger charge is 2.17. The van der Waals surface area contributed by atoms with Crippen LogP contribution in [-0.4, -0.2) is 29.1 Å². The topological polar surface area (TPSA) is 61.4 Å². The largest absolute Gasteiger partial charge is 0.309 e. The second-order valence-electron chi connectivity index (χ2n) is 18.6. The SMILES string of the molecule is c1ccc(-c2cc(-c3ccc(-c4ccc(-c5cc(-c6ccccc6)nc(-c6cccc(-n7c8ccccc8c8ccccc87)c6)n5)cc4)cc3)nc(-c3ccc(-n4c5ccccc5c5ccccc54)cc3)n2)cc1. The van der Waals surface area contributed by atoms with Crippen LogP contribution in [0.3, 0.4) is 0 Å². The molecule has 346 valence electrons. The lowest BCUT2D eigenvalue weighted by atomic mass is 9.99. The van der Waals surface area contributed by atoms with Crippen molar-refractivity contribution in [3.63, 3.8) is 0 Å². The Hall–Kier alpha value is -10.0. The molecule has 0 saturated heterocycles. The number of para-hydroxylation sites is 4. The number of hydrogen-bond donors (Lipinski definition) is 0. The Morgan fingerprint density at radius 1 is 0.203 bits per heavy atom. The Kier molecular flexibility index (Phi) is 10.4. The molecule has 4 heterocycles. The molecule has 14 aromatic rings. The lowest BCUT2D eigenvalue weighted by Crippen LogP contribution is -1.98. The van der Waals surface area contributed by atoms with Gasteiger partial charge in [0.15, 0.2) is 11.6 Å². The van der Waals surface area contributed by atoms with E-state index in [1.807, 2.05) is 12.1 Å². The first-order valence-corrected chi connectivity index (χ1v) is 25.0. The summed E-state index contributed by atoms with van der Waals surface area (Å²) in [5.41, 5.74) is 18.5. The van der Waals surface area contributed by atoms with Crippen molar-refractivity contribution in [2.45, 2.75) is 0 Å². The van der Waals surface area contributed by atoms with Gasteiger partial charge in [0, 0.05) is 66.3 Å². The summed E-state index contributed by atoms with van der Waals surface area (Å²) in [6, 6.07) is 93.8. The molecule has 74 heavy (non-hydrogen) atoms. The van der Waals surface area contributed by atoms with E-state index in [0.717, 1.165) is 89.7 Å². The summed E-state index contributed by atoms with van der Waals surface area (Å²) >= 11 is 0. The molecule has 4 aromatic heterocycles. The maximum absolute atomic E-state index is 5.26. The maximum atomic E-state index is 5.26. The molecule has 10 aromatic carbocycles. The summed E-state index contributed by atoms with van der Waals surface area (Å²) in [4.78, 5) is 20.8. The molecule has 0 aliphatic carbocycles. The molecule has 0 atom stereocenters. The van der Waals surface area contributed by atoms with Gasteiger partial charge >= 0.3 is 0 Å². The van der Waals surface area contributed by atoms with Gasteiger partial charge in [-0.1, -0.05) is 194 Å². The van der Waals surface area contributed by atoms with Crippen molar-refractivity contribution < 1.29 is 0 Å². The molecular formula is C68H44N6. The number of rotatable bonds is 9. The lowest BCUT2D eigenvalue weighted by molar-refractivity contribution is 1.16. The zero-order valence-corrected chi connectivity index (χ0v) is 40.1. The van der Waals surface area contributed by atoms with Gasteiger partial charge in [0.05, 0.1) is 44.8 Å². The molecule has 0 aliphatic rings. The van der Waals surface area contributed by atoms with Gasteiger partial charge in [-0.3, -0.25) is 0 Å². The van der Waals surface area contributed by atoms with Gasteiger partial charge in [0.2, 0.25) is 0 Å². The second kappa shape index (κ2) is 18.0. The van der Waals surface area contributed by atoms with Crippen molar-refractivity contribution in [1.29, 1.82) is 0 Å². The Labute approximate surface area is 427 Å². The summed E-state index contributed by atoms with van der Waals surface area (Å²) in [5, 5.41) is 4.93. The normalized spacial score (nSPS) is 11.5. The van der Waals surface area contributed by atoms with Crippen molar-refractivity contribution in [2.24, 2.45) is 0 Å². The van der Waals surface area contributed by atoms with E-state index in [0.29, 0.717) is 11.6 Å². The number of hydrogen-bond acceptors (Lipinski definition) is 4. The van der Waals surface area contributed by atoms with Crippen LogP contribution in [0.2, 0.25) is 0 Å². The molecule has 0 aliphatic heterocycles. The molecule has 0 saturated carbocycles. The zero-order chi connectivity index (χ0) is 49.0. The van der Waals surface area contributed by atoms with Gasteiger partial charge in [0.1, 0.15) is 0 Å². The minimum Gasteiger partial charge on any atom is -0.309 e. The standard InChI is InChI=1S/C68H44N6/c1-3-16-47(17-4-1)59-43-61(70-67(69-59)51-38-40-53(41-39-51)73-63-26-11-7-22-55(63)56-23-8-12-27-64(56)73)49-34-30-45(31-35-49)46-32-36-50(37-33-46)62-44-60(48-18-5-2-6-19-48)71-68(72-62)52-20-15-21-54(42-52)74-65-28-13-9-24-57(65)58-25-10-14-29-66(58)74/h1-44H. The van der Waals surface area contributed by atoms with Gasteiger partial charge in [0.25, 0.3) is 0 Å². The van der Waals surface area contributed by atoms with E-state index in [1.165, 1.54) is 32.6 Å². The van der Waals surface area contributed by atoms with Gasteiger partial charge in [-0.05, 0) is 83.9 Å². The van der Waals surface area contributed by atoms with E-state index >= 15 is 0 Å². The van der Waals surface area contributed by atoms with E-state index in [1.54, 1.807) is 0 Å². The Bertz CT molecular complexity index is 4280. The van der Waals surface area contributed by atoms with Crippen LogP contribution in [0.25, 0.3) is 134 Å². The van der Waals surface area contributed by atoms with Crippen molar-refractivity contribution in [1.82, 2.24) is 29.1 Å². The molecule has 0 unspecified atom stereocenters. The number of benzene rings is 10. The lowest BCUT2D eigenvalue weighted by Gasteiger charge is -2.12. The highest BCUT2D eigenvalue weighted by atomic mass is 15.0. The molecule has 14 rings (SSSR count). The summed E-state index contributed by atoms with van der Waals surface area (Å²) < 4.78 is 4.67. The Balaban J connectivity index is 0.783. The van der Waals surface area contributed by atoms with Crippen molar-refractivity contribution in [3.8, 4) is 90.3 Å². The first-order valence-electron chi connectivity index (χ1n) is 25.0. The number of nitrogens with zero attached hydrogens (tertiary/aromatic N) is 6. The van der Waals surface area contributed by atoms with E-state index in [2.05, 4.69) is 264 Å². The average molecular weight is 945 g/mol. The smallest absolute Gasteiger partial charge is 0.160 e. The predicted octanol–water partition coefficient (Wildman–Crippen LogP) is 17.1. The highest BCUT2D eigenvalue weighted by molar-refractivity contribution is 6.10. The second-order valence-corrected chi connectivity index (χ2v) is 18.6. The van der Waals surface area contributed by atoms with Crippen LogP contribution in [0.4, 0.5) is 0 Å². The molecular weight excluding hydrogens is 901 g/mol. The Morgan fingerprint density at radius 3 is 0.932 bits per heavy atom. The Morgan fingerprint density at radius 2 is 0.514 bits per heavy atom. The first kappa shape index (κ1) is 42.8. The molecule has 0 bridgehead atoms. The molecule has 6 nitrogen and oxygen atoms in total. The summed E-state index contributed by atoms with van der Waals surface area (Å²) in [6.07, 6.45) is 0. The van der Waals surface area contributed by atoms with Crippen molar-refractivity contribution in [2.75, 3.05) is 0 Å². The summed E-state index contributed by atoms with van der Waals surface area (Å²) in [5.74, 6) is 1.34. The summed E-state index contributed by atoms with van der Waals surface area (Å²) in [7, 11) is 0. The fraction of sp³-hybridized carbons (Fsp3) is 0. The first-order chi connectivity index (χ1) is 36.7. The monoisotopic (exact) mass is 944 g/mol. The highest BCUT2D eigenvalue weighted by Crippen LogP contribution is 2.37. The minimum atomic E-state index is 0.670. The van der Waals surface area contributed by atoms with Crippen LogP contribution >= 0.6 is 0 Å². The molecule has 0 spiro atoms. The fourth-order valence-corrected chi connectivity index (χ4v) is 10.6. The van der Waals surface area contributed by atoms with E-state index in [-0.39, 0.29) is 0 Å². The average Bonchev–Trinajstić information content (AvgIpc) is 4.01. The summed E-state index contributed by atoms with van der Waals surface area (Å²) in [6.45, 7) is 0. The van der Waals surface area contributed by atoms with Crippen molar-refractivity contribution in [3.05, 3.63) is 267 Å². The third-order valence-corrected chi connectivity index (χ3v) is 14.2. The van der Waals surface area contributed by atoms with Crippen LogP contribution in [-0.2, 0) is 0 Å². The fourth-order valence-electron chi connectivity index (χ4n) is 10.6.